The monoisotopic (exact) mass is 320 g/mol. The minimum absolute atomic E-state index is 0.00801. The Morgan fingerprint density at radius 2 is 2.00 bits per heavy atom. The highest BCUT2D eigenvalue weighted by Crippen LogP contribution is 2.30. The van der Waals surface area contributed by atoms with Crippen molar-refractivity contribution in [2.45, 2.75) is 26.3 Å². The number of hydrogen-bond acceptors (Lipinski definition) is 5. The van der Waals surface area contributed by atoms with Crippen LogP contribution in [0, 0.1) is 10.1 Å². The molecule has 0 radical (unpaired) electrons. The smallest absolute Gasteiger partial charge is 0.293 e. The fourth-order valence-corrected chi connectivity index (χ4v) is 2.53. The Morgan fingerprint density at radius 3 is 2.57 bits per heavy atom. The van der Waals surface area contributed by atoms with E-state index >= 15 is 0 Å². The highest BCUT2D eigenvalue weighted by atomic mass is 16.6. The Morgan fingerprint density at radius 1 is 1.35 bits per heavy atom. The first-order valence-electron chi connectivity index (χ1n) is 7.95. The van der Waals surface area contributed by atoms with Gasteiger partial charge >= 0.3 is 0 Å². The first kappa shape index (κ1) is 17.2. The van der Waals surface area contributed by atoms with Gasteiger partial charge in [-0.25, -0.2) is 0 Å². The molecule has 23 heavy (non-hydrogen) atoms. The van der Waals surface area contributed by atoms with Crippen molar-refractivity contribution in [1.82, 2.24) is 10.2 Å². The van der Waals surface area contributed by atoms with Gasteiger partial charge in [0.25, 0.3) is 11.6 Å². The maximum Gasteiger partial charge on any atom is 0.293 e. The van der Waals surface area contributed by atoms with Crippen LogP contribution in [0.5, 0.6) is 0 Å². The van der Waals surface area contributed by atoms with Crippen LogP contribution in [-0.4, -0.2) is 55.0 Å². The van der Waals surface area contributed by atoms with Crippen molar-refractivity contribution in [2.75, 3.05) is 38.1 Å². The Kier molecular flexibility index (Phi) is 5.54. The van der Waals surface area contributed by atoms with Crippen molar-refractivity contribution in [3.8, 4) is 0 Å². The molecule has 1 aliphatic heterocycles. The van der Waals surface area contributed by atoms with Gasteiger partial charge in [0.2, 0.25) is 0 Å². The molecule has 7 nitrogen and oxygen atoms in total. The normalized spacial score (nSPS) is 16.9. The number of piperazine rings is 1. The lowest BCUT2D eigenvalue weighted by Crippen LogP contribution is -2.44. The molecule has 126 valence electrons. The molecular formula is C16H24N4O3. The van der Waals surface area contributed by atoms with Crippen molar-refractivity contribution in [3.63, 3.8) is 0 Å². The second kappa shape index (κ2) is 7.41. The van der Waals surface area contributed by atoms with Crippen LogP contribution >= 0.6 is 0 Å². The summed E-state index contributed by atoms with van der Waals surface area (Å²) in [5, 5.41) is 14.3. The largest absolute Gasteiger partial charge is 0.363 e. The zero-order chi connectivity index (χ0) is 17.0. The maximum atomic E-state index is 12.2. The summed E-state index contributed by atoms with van der Waals surface area (Å²) in [6.07, 6.45) is 0.813. The summed E-state index contributed by atoms with van der Waals surface area (Å²) in [4.78, 5) is 27.4. The summed E-state index contributed by atoms with van der Waals surface area (Å²) in [6.45, 7) is 7.11. The van der Waals surface area contributed by atoms with E-state index in [9.17, 15) is 14.9 Å². The first-order chi connectivity index (χ1) is 10.9. The number of hydrogen-bond donors (Lipinski definition) is 1. The summed E-state index contributed by atoms with van der Waals surface area (Å²) in [7, 11) is 2.04. The average molecular weight is 320 g/mol. The number of amides is 1. The summed E-state index contributed by atoms with van der Waals surface area (Å²) >= 11 is 0. The first-order valence-corrected chi connectivity index (χ1v) is 7.95. The van der Waals surface area contributed by atoms with Gasteiger partial charge in [-0.3, -0.25) is 14.9 Å². The van der Waals surface area contributed by atoms with Crippen LogP contribution in [0.4, 0.5) is 11.4 Å². The highest BCUT2D eigenvalue weighted by molar-refractivity contribution is 5.96. The minimum atomic E-state index is -0.409. The van der Waals surface area contributed by atoms with E-state index in [0.29, 0.717) is 11.3 Å². The van der Waals surface area contributed by atoms with E-state index in [0.717, 1.165) is 32.6 Å². The molecule has 0 bridgehead atoms. The number of carbonyl (C=O) groups excluding carboxylic acids is 1. The number of benzene rings is 1. The number of nitro groups is 1. The zero-order valence-corrected chi connectivity index (χ0v) is 13.9. The van der Waals surface area contributed by atoms with Gasteiger partial charge in [0.1, 0.15) is 5.69 Å². The molecular weight excluding hydrogens is 296 g/mol. The molecule has 1 unspecified atom stereocenters. The SMILES string of the molecule is CCC(C)NC(=O)c1ccc(N2CCN(C)CC2)c([N+](=O)[O-])c1. The molecule has 1 aromatic rings. The maximum absolute atomic E-state index is 12.2. The third-order valence-corrected chi connectivity index (χ3v) is 4.27. The molecule has 1 N–H and O–H groups in total. The fraction of sp³-hybridized carbons (Fsp3) is 0.562. The van der Waals surface area contributed by atoms with Gasteiger partial charge in [0.15, 0.2) is 0 Å². The molecule has 1 saturated heterocycles. The second-order valence-corrected chi connectivity index (χ2v) is 6.03. The number of anilines is 1. The number of nitro benzene ring substituents is 1. The van der Waals surface area contributed by atoms with E-state index in [1.165, 1.54) is 6.07 Å². The molecule has 1 heterocycles. The molecule has 2 rings (SSSR count). The van der Waals surface area contributed by atoms with Crippen molar-refractivity contribution in [2.24, 2.45) is 0 Å². The summed E-state index contributed by atoms with van der Waals surface area (Å²) in [6, 6.07) is 4.78. The van der Waals surface area contributed by atoms with Crippen LogP contribution in [0.2, 0.25) is 0 Å². The molecule has 0 spiro atoms. The quantitative estimate of drug-likeness (QED) is 0.662. The van der Waals surface area contributed by atoms with E-state index < -0.39 is 4.92 Å². The lowest BCUT2D eigenvalue weighted by atomic mass is 10.1. The predicted molar refractivity (Wildman–Crippen MR) is 90.0 cm³/mol. The van der Waals surface area contributed by atoms with Crippen LogP contribution in [0.1, 0.15) is 30.6 Å². The third-order valence-electron chi connectivity index (χ3n) is 4.27. The molecule has 1 amide bonds. The third kappa shape index (κ3) is 4.19. The molecule has 7 heteroatoms. The lowest BCUT2D eigenvalue weighted by molar-refractivity contribution is -0.384. The van der Waals surface area contributed by atoms with Crippen molar-refractivity contribution < 1.29 is 9.72 Å². The molecule has 1 aliphatic rings. The van der Waals surface area contributed by atoms with Gasteiger partial charge in [-0.05, 0) is 32.5 Å². The van der Waals surface area contributed by atoms with Crippen LogP contribution in [0.3, 0.4) is 0 Å². The van der Waals surface area contributed by atoms with Crippen LogP contribution in [-0.2, 0) is 0 Å². The summed E-state index contributed by atoms with van der Waals surface area (Å²) < 4.78 is 0. The van der Waals surface area contributed by atoms with E-state index in [2.05, 4.69) is 10.2 Å². The van der Waals surface area contributed by atoms with Crippen LogP contribution in [0.25, 0.3) is 0 Å². The fourth-order valence-electron chi connectivity index (χ4n) is 2.53. The molecule has 1 aromatic carbocycles. The van der Waals surface area contributed by atoms with Crippen molar-refractivity contribution >= 4 is 17.3 Å². The summed E-state index contributed by atoms with van der Waals surface area (Å²) in [5.74, 6) is -0.271. The molecule has 1 fully saturated rings. The highest BCUT2D eigenvalue weighted by Gasteiger charge is 2.24. The molecule has 1 atom stereocenters. The van der Waals surface area contributed by atoms with Gasteiger partial charge in [0.05, 0.1) is 4.92 Å². The predicted octanol–water partition coefficient (Wildman–Crippen LogP) is 1.87. The lowest BCUT2D eigenvalue weighted by Gasteiger charge is -2.33. The van der Waals surface area contributed by atoms with E-state index in [1.54, 1.807) is 12.1 Å². The Labute approximate surface area is 136 Å². The van der Waals surface area contributed by atoms with E-state index in [4.69, 9.17) is 0 Å². The van der Waals surface area contributed by atoms with Gasteiger partial charge in [-0.15, -0.1) is 0 Å². The standard InChI is InChI=1S/C16H24N4O3/c1-4-12(2)17-16(21)13-5-6-14(15(11-13)20(22)23)19-9-7-18(3)8-10-19/h5-6,11-12H,4,7-10H2,1-3H3,(H,17,21). The second-order valence-electron chi connectivity index (χ2n) is 6.03. The molecule has 0 saturated carbocycles. The van der Waals surface area contributed by atoms with Gasteiger partial charge < -0.3 is 15.1 Å². The number of nitrogens with zero attached hydrogens (tertiary/aromatic N) is 3. The topological polar surface area (TPSA) is 78.7 Å². The van der Waals surface area contributed by atoms with Crippen molar-refractivity contribution in [3.05, 3.63) is 33.9 Å². The van der Waals surface area contributed by atoms with Gasteiger partial charge in [-0.1, -0.05) is 6.92 Å². The van der Waals surface area contributed by atoms with E-state index in [1.807, 2.05) is 25.8 Å². The van der Waals surface area contributed by atoms with E-state index in [-0.39, 0.29) is 17.6 Å². The van der Waals surface area contributed by atoms with Crippen LogP contribution < -0.4 is 10.2 Å². The van der Waals surface area contributed by atoms with Crippen LogP contribution in [0.15, 0.2) is 18.2 Å². The Balaban J connectivity index is 2.24. The molecule has 0 aliphatic carbocycles. The van der Waals surface area contributed by atoms with Gasteiger partial charge in [0, 0.05) is 43.9 Å². The Bertz CT molecular complexity index is 583. The number of nitrogens with one attached hydrogen (secondary N) is 1. The van der Waals surface area contributed by atoms with Gasteiger partial charge in [-0.2, -0.15) is 0 Å². The number of rotatable bonds is 5. The average Bonchev–Trinajstić information content (AvgIpc) is 2.54. The summed E-state index contributed by atoms with van der Waals surface area (Å²) in [5.41, 5.74) is 0.907. The van der Waals surface area contributed by atoms with Crippen molar-refractivity contribution in [1.29, 1.82) is 0 Å². The number of likely N-dealkylation sites (N-methyl/N-ethyl adjacent to an activating group) is 1. The molecule has 0 aromatic heterocycles. The minimum Gasteiger partial charge on any atom is -0.363 e. The number of carbonyl (C=O) groups is 1. The Hall–Kier alpha value is -2.15. The zero-order valence-electron chi connectivity index (χ0n) is 13.9.